The van der Waals surface area contributed by atoms with Crippen LogP contribution in [0.4, 0.5) is 9.80 Å². The third kappa shape index (κ3) is 3.30. The molecule has 0 saturated heterocycles. The van der Waals surface area contributed by atoms with Gasteiger partial charge in [0.15, 0.2) is 0 Å². The van der Waals surface area contributed by atoms with E-state index in [4.69, 9.17) is 0 Å². The Labute approximate surface area is 122 Å². The molecule has 0 radical (unpaired) electrons. The van der Waals surface area contributed by atoms with Gasteiger partial charge >= 0.3 is 12.0 Å². The van der Waals surface area contributed by atoms with E-state index in [0.717, 1.165) is 36.1 Å². The molecule has 110 valence electrons. The smallest absolute Gasteiger partial charge is 0.339 e. The van der Waals surface area contributed by atoms with Crippen molar-refractivity contribution in [3.63, 3.8) is 0 Å². The number of urea groups is 1. The van der Waals surface area contributed by atoms with Gasteiger partial charge in [0.2, 0.25) is 0 Å². The first-order valence-corrected chi connectivity index (χ1v) is 7.56. The standard InChI is InChI=1S/C14H20N2O3S/c1-14(2,3)16-13(19)15-11-10(12(17)18)8-6-4-5-7-9(8)20-11/h4-7H2,1-3H3,(H,17,18)(H2,15,16,19). The zero-order valence-corrected chi connectivity index (χ0v) is 12.8. The Kier molecular flexibility index (Phi) is 4.04. The Balaban J connectivity index is 2.25. The van der Waals surface area contributed by atoms with Gasteiger partial charge in [-0.2, -0.15) is 0 Å². The fourth-order valence-electron chi connectivity index (χ4n) is 2.36. The van der Waals surface area contributed by atoms with Gasteiger partial charge in [0.25, 0.3) is 0 Å². The summed E-state index contributed by atoms with van der Waals surface area (Å²) in [5.41, 5.74) is 0.818. The molecule has 20 heavy (non-hydrogen) atoms. The average molecular weight is 296 g/mol. The second-order valence-electron chi connectivity index (χ2n) is 6.05. The number of hydrogen-bond acceptors (Lipinski definition) is 3. The van der Waals surface area contributed by atoms with E-state index in [1.807, 2.05) is 20.8 Å². The second kappa shape index (κ2) is 5.44. The summed E-state index contributed by atoms with van der Waals surface area (Å²) in [6, 6.07) is -0.362. The molecule has 0 bridgehead atoms. The molecule has 1 aromatic rings. The highest BCUT2D eigenvalue weighted by Crippen LogP contribution is 2.38. The van der Waals surface area contributed by atoms with E-state index in [9.17, 15) is 14.7 Å². The summed E-state index contributed by atoms with van der Waals surface area (Å²) in [7, 11) is 0. The van der Waals surface area contributed by atoms with Crippen LogP contribution in [0.1, 0.15) is 54.4 Å². The van der Waals surface area contributed by atoms with Gasteiger partial charge in [-0.3, -0.25) is 5.32 Å². The van der Waals surface area contributed by atoms with Crippen LogP contribution in [0.2, 0.25) is 0 Å². The SMILES string of the molecule is CC(C)(C)NC(=O)Nc1sc2c(c1C(=O)O)CCCC2. The summed E-state index contributed by atoms with van der Waals surface area (Å²) >= 11 is 1.39. The van der Waals surface area contributed by atoms with Gasteiger partial charge in [0.05, 0.1) is 5.56 Å². The summed E-state index contributed by atoms with van der Waals surface area (Å²) in [4.78, 5) is 24.5. The number of aromatic carboxylic acids is 1. The Bertz CT molecular complexity index is 543. The highest BCUT2D eigenvalue weighted by molar-refractivity contribution is 7.17. The molecule has 0 saturated carbocycles. The lowest BCUT2D eigenvalue weighted by molar-refractivity contribution is 0.0697. The molecule has 0 aliphatic heterocycles. The number of aryl methyl sites for hydroxylation is 1. The third-order valence-corrected chi connectivity index (χ3v) is 4.31. The van der Waals surface area contributed by atoms with Gasteiger partial charge in [-0.1, -0.05) is 0 Å². The first-order valence-electron chi connectivity index (χ1n) is 6.75. The monoisotopic (exact) mass is 296 g/mol. The number of carbonyl (C=O) groups is 2. The summed E-state index contributed by atoms with van der Waals surface area (Å²) in [5, 5.41) is 15.3. The Morgan fingerprint density at radius 1 is 1.20 bits per heavy atom. The van der Waals surface area contributed by atoms with Gasteiger partial charge < -0.3 is 10.4 Å². The van der Waals surface area contributed by atoms with Crippen LogP contribution in [0.25, 0.3) is 0 Å². The molecule has 2 rings (SSSR count). The van der Waals surface area contributed by atoms with Crippen molar-refractivity contribution >= 4 is 28.3 Å². The van der Waals surface area contributed by atoms with E-state index in [-0.39, 0.29) is 17.1 Å². The van der Waals surface area contributed by atoms with Crippen LogP contribution in [0.5, 0.6) is 0 Å². The van der Waals surface area contributed by atoms with Crippen LogP contribution in [0.15, 0.2) is 0 Å². The zero-order chi connectivity index (χ0) is 14.9. The molecule has 1 aliphatic rings. The zero-order valence-electron chi connectivity index (χ0n) is 12.0. The molecule has 0 aromatic carbocycles. The molecule has 0 fully saturated rings. The Hall–Kier alpha value is -1.56. The molecule has 5 nitrogen and oxygen atoms in total. The molecule has 1 heterocycles. The molecule has 1 aliphatic carbocycles. The van der Waals surface area contributed by atoms with Crippen molar-refractivity contribution in [2.45, 2.75) is 52.0 Å². The molecule has 1 aromatic heterocycles. The quantitative estimate of drug-likeness (QED) is 0.784. The van der Waals surface area contributed by atoms with Gasteiger partial charge in [-0.25, -0.2) is 9.59 Å². The number of carboxylic acids is 1. The van der Waals surface area contributed by atoms with E-state index in [1.54, 1.807) is 0 Å². The Morgan fingerprint density at radius 3 is 2.45 bits per heavy atom. The first-order chi connectivity index (χ1) is 9.28. The average Bonchev–Trinajstić information content (AvgIpc) is 2.63. The van der Waals surface area contributed by atoms with E-state index >= 15 is 0 Å². The molecular weight excluding hydrogens is 276 g/mol. The second-order valence-corrected chi connectivity index (χ2v) is 7.15. The highest BCUT2D eigenvalue weighted by Gasteiger charge is 2.26. The minimum absolute atomic E-state index is 0.272. The minimum Gasteiger partial charge on any atom is -0.478 e. The van der Waals surface area contributed by atoms with Crippen LogP contribution in [0, 0.1) is 0 Å². The summed E-state index contributed by atoms with van der Waals surface area (Å²) in [6.45, 7) is 5.64. The fraction of sp³-hybridized carbons (Fsp3) is 0.571. The Morgan fingerprint density at radius 2 is 1.85 bits per heavy atom. The number of anilines is 1. The predicted molar refractivity (Wildman–Crippen MR) is 79.8 cm³/mol. The summed E-state index contributed by atoms with van der Waals surface area (Å²) in [5.74, 6) is -0.963. The number of hydrogen-bond donors (Lipinski definition) is 3. The van der Waals surface area contributed by atoms with E-state index in [2.05, 4.69) is 10.6 Å². The largest absolute Gasteiger partial charge is 0.478 e. The van der Waals surface area contributed by atoms with Crippen molar-refractivity contribution in [1.82, 2.24) is 5.32 Å². The molecular formula is C14H20N2O3S. The number of carbonyl (C=O) groups excluding carboxylic acids is 1. The van der Waals surface area contributed by atoms with Crippen LogP contribution in [0.3, 0.4) is 0 Å². The number of thiophene rings is 1. The topological polar surface area (TPSA) is 78.4 Å². The molecule has 2 amide bonds. The predicted octanol–water partition coefficient (Wildman–Crippen LogP) is 3.25. The first kappa shape index (κ1) is 14.8. The maximum Gasteiger partial charge on any atom is 0.339 e. The normalized spacial score (nSPS) is 14.6. The molecule has 6 heteroatoms. The van der Waals surface area contributed by atoms with Crippen LogP contribution >= 0.6 is 11.3 Å². The lowest BCUT2D eigenvalue weighted by Gasteiger charge is -2.20. The van der Waals surface area contributed by atoms with Crippen molar-refractivity contribution in [3.05, 3.63) is 16.0 Å². The minimum atomic E-state index is -0.963. The number of fused-ring (bicyclic) bond motifs is 1. The highest BCUT2D eigenvalue weighted by atomic mass is 32.1. The third-order valence-electron chi connectivity index (χ3n) is 3.10. The van der Waals surface area contributed by atoms with Crippen molar-refractivity contribution in [1.29, 1.82) is 0 Å². The van der Waals surface area contributed by atoms with Gasteiger partial charge in [0.1, 0.15) is 5.00 Å². The van der Waals surface area contributed by atoms with E-state index in [0.29, 0.717) is 5.00 Å². The van der Waals surface area contributed by atoms with Crippen molar-refractivity contribution in [3.8, 4) is 0 Å². The number of nitrogens with one attached hydrogen (secondary N) is 2. The maximum atomic E-state index is 11.9. The van der Waals surface area contributed by atoms with Crippen molar-refractivity contribution < 1.29 is 14.7 Å². The van der Waals surface area contributed by atoms with E-state index < -0.39 is 5.97 Å². The maximum absolute atomic E-state index is 11.9. The number of carboxylic acid groups (broad SMARTS) is 1. The van der Waals surface area contributed by atoms with E-state index in [1.165, 1.54) is 11.3 Å². The molecule has 0 spiro atoms. The van der Waals surface area contributed by atoms with Crippen molar-refractivity contribution in [2.24, 2.45) is 0 Å². The van der Waals surface area contributed by atoms with Crippen LogP contribution < -0.4 is 10.6 Å². The van der Waals surface area contributed by atoms with Crippen LogP contribution in [-0.2, 0) is 12.8 Å². The lowest BCUT2D eigenvalue weighted by atomic mass is 9.95. The summed E-state index contributed by atoms with van der Waals surface area (Å²) in [6.07, 6.45) is 3.79. The summed E-state index contributed by atoms with van der Waals surface area (Å²) < 4.78 is 0. The lowest BCUT2D eigenvalue weighted by Crippen LogP contribution is -2.43. The molecule has 3 N–H and O–H groups in total. The fourth-order valence-corrected chi connectivity index (χ4v) is 3.63. The van der Waals surface area contributed by atoms with Gasteiger partial charge in [-0.05, 0) is 52.0 Å². The van der Waals surface area contributed by atoms with Gasteiger partial charge in [0, 0.05) is 10.4 Å². The number of amides is 2. The van der Waals surface area contributed by atoms with Gasteiger partial charge in [-0.15, -0.1) is 11.3 Å². The van der Waals surface area contributed by atoms with Crippen LogP contribution in [-0.4, -0.2) is 22.6 Å². The number of rotatable bonds is 2. The van der Waals surface area contributed by atoms with Crippen molar-refractivity contribution in [2.75, 3.05) is 5.32 Å². The molecule has 0 unspecified atom stereocenters. The molecule has 0 atom stereocenters.